The van der Waals surface area contributed by atoms with E-state index in [1.165, 1.54) is 6.07 Å². The Morgan fingerprint density at radius 3 is 2.57 bits per heavy atom. The van der Waals surface area contributed by atoms with E-state index < -0.39 is 0 Å². The predicted molar refractivity (Wildman–Crippen MR) is 115 cm³/mol. The van der Waals surface area contributed by atoms with Crippen molar-refractivity contribution in [2.45, 2.75) is 13.2 Å². The van der Waals surface area contributed by atoms with E-state index in [4.69, 9.17) is 32.7 Å². The van der Waals surface area contributed by atoms with Gasteiger partial charge in [0.15, 0.2) is 11.5 Å². The van der Waals surface area contributed by atoms with Crippen molar-refractivity contribution in [1.82, 2.24) is 0 Å². The Morgan fingerprint density at radius 2 is 1.86 bits per heavy atom. The van der Waals surface area contributed by atoms with Crippen LogP contribution in [0.4, 0.5) is 10.1 Å². The molecule has 3 rings (SSSR count). The molecule has 3 aromatic rings. The number of anilines is 1. The first kappa shape index (κ1) is 20.8. The fraction of sp³-hybridized carbons (Fsp3) is 0.143. The molecular formula is C21H17BrCl2FNO2. The maximum atomic E-state index is 13.9. The van der Waals surface area contributed by atoms with Crippen molar-refractivity contribution in [3.05, 3.63) is 86.1 Å². The average molecular weight is 485 g/mol. The van der Waals surface area contributed by atoms with Gasteiger partial charge in [-0.15, -0.1) is 0 Å². The van der Waals surface area contributed by atoms with Crippen LogP contribution in [0.2, 0.25) is 10.0 Å². The van der Waals surface area contributed by atoms with Crippen molar-refractivity contribution in [1.29, 1.82) is 0 Å². The number of hydrogen-bond donors (Lipinski definition) is 1. The topological polar surface area (TPSA) is 30.5 Å². The van der Waals surface area contributed by atoms with Gasteiger partial charge in [0.1, 0.15) is 12.4 Å². The minimum Gasteiger partial charge on any atom is -0.493 e. The van der Waals surface area contributed by atoms with Crippen LogP contribution in [0.5, 0.6) is 11.5 Å². The molecule has 3 nitrogen and oxygen atoms in total. The van der Waals surface area contributed by atoms with Crippen LogP contribution >= 0.6 is 39.1 Å². The van der Waals surface area contributed by atoms with Crippen molar-refractivity contribution in [3.8, 4) is 11.5 Å². The van der Waals surface area contributed by atoms with E-state index >= 15 is 0 Å². The average Bonchev–Trinajstić information content (AvgIpc) is 2.68. The monoisotopic (exact) mass is 483 g/mol. The van der Waals surface area contributed by atoms with Crippen molar-refractivity contribution < 1.29 is 13.9 Å². The molecule has 7 heteroatoms. The van der Waals surface area contributed by atoms with E-state index in [0.29, 0.717) is 33.7 Å². The first-order valence-electron chi connectivity index (χ1n) is 8.40. The van der Waals surface area contributed by atoms with Crippen LogP contribution < -0.4 is 14.8 Å². The van der Waals surface area contributed by atoms with Gasteiger partial charge < -0.3 is 14.8 Å². The quantitative estimate of drug-likeness (QED) is 0.388. The Labute approximate surface area is 181 Å². The molecule has 0 aliphatic heterocycles. The molecule has 0 spiro atoms. The van der Waals surface area contributed by atoms with Gasteiger partial charge in [-0.25, -0.2) is 4.39 Å². The maximum Gasteiger partial charge on any atom is 0.167 e. The predicted octanol–water partition coefficient (Wildman–Crippen LogP) is 7.09. The molecular weight excluding hydrogens is 468 g/mol. The first-order valence-corrected chi connectivity index (χ1v) is 9.95. The second-order valence-corrected chi connectivity index (χ2v) is 7.61. The fourth-order valence-corrected chi connectivity index (χ4v) is 3.58. The van der Waals surface area contributed by atoms with Crippen molar-refractivity contribution in [2.75, 3.05) is 12.4 Å². The molecule has 146 valence electrons. The minimum atomic E-state index is -0.316. The van der Waals surface area contributed by atoms with Gasteiger partial charge in [0.25, 0.3) is 0 Å². The van der Waals surface area contributed by atoms with Crippen LogP contribution in [0.1, 0.15) is 11.1 Å². The van der Waals surface area contributed by atoms with Crippen LogP contribution in [0, 0.1) is 5.82 Å². The third-order valence-electron chi connectivity index (χ3n) is 4.10. The third-order valence-corrected chi connectivity index (χ3v) is 5.39. The SMILES string of the molecule is COc1ccc(Br)c(CNc2ccc(Cl)cc2Cl)c1OCc1ccccc1F. The number of nitrogens with one attached hydrogen (secondary N) is 1. The molecule has 0 radical (unpaired) electrons. The van der Waals surface area contributed by atoms with E-state index in [0.717, 1.165) is 15.7 Å². The molecule has 0 heterocycles. The molecule has 1 N–H and O–H groups in total. The third kappa shape index (κ3) is 4.90. The summed E-state index contributed by atoms with van der Waals surface area (Å²) in [5.74, 6) is 0.764. The van der Waals surface area contributed by atoms with Gasteiger partial charge in [-0.2, -0.15) is 0 Å². The largest absolute Gasteiger partial charge is 0.493 e. The zero-order valence-electron chi connectivity index (χ0n) is 14.9. The highest BCUT2D eigenvalue weighted by molar-refractivity contribution is 9.10. The zero-order chi connectivity index (χ0) is 20.1. The summed E-state index contributed by atoms with van der Waals surface area (Å²) in [7, 11) is 1.56. The molecule has 0 amide bonds. The number of halogens is 4. The summed E-state index contributed by atoms with van der Waals surface area (Å²) in [5.41, 5.74) is 2.02. The van der Waals surface area contributed by atoms with Gasteiger partial charge in [0, 0.05) is 27.2 Å². The fourth-order valence-electron chi connectivity index (χ4n) is 2.65. The lowest BCUT2D eigenvalue weighted by atomic mass is 10.1. The van der Waals surface area contributed by atoms with Gasteiger partial charge in [-0.3, -0.25) is 0 Å². The highest BCUT2D eigenvalue weighted by Gasteiger charge is 2.16. The smallest absolute Gasteiger partial charge is 0.167 e. The Morgan fingerprint density at radius 1 is 1.07 bits per heavy atom. The molecule has 0 fully saturated rings. The molecule has 28 heavy (non-hydrogen) atoms. The summed E-state index contributed by atoms with van der Waals surface area (Å²) in [6, 6.07) is 15.4. The Kier molecular flexibility index (Phi) is 7.05. The number of benzene rings is 3. The lowest BCUT2D eigenvalue weighted by molar-refractivity contribution is 0.276. The summed E-state index contributed by atoms with van der Waals surface area (Å²) >= 11 is 15.7. The number of ether oxygens (including phenoxy) is 2. The van der Waals surface area contributed by atoms with Crippen LogP contribution in [-0.2, 0) is 13.2 Å². The minimum absolute atomic E-state index is 0.0776. The van der Waals surface area contributed by atoms with Gasteiger partial charge in [0.2, 0.25) is 0 Å². The molecule has 0 aromatic heterocycles. The standard InChI is InChI=1S/C21H17BrCl2FNO2/c1-27-20-9-7-16(22)15(11-26-19-8-6-14(23)10-17(19)24)21(20)28-12-13-4-2-3-5-18(13)25/h2-10,26H,11-12H2,1H3. The van der Waals surface area contributed by atoms with E-state index in [1.807, 2.05) is 6.07 Å². The van der Waals surface area contributed by atoms with Crippen molar-refractivity contribution >= 4 is 44.8 Å². The normalized spacial score (nSPS) is 10.6. The Balaban J connectivity index is 1.86. The maximum absolute atomic E-state index is 13.9. The van der Waals surface area contributed by atoms with E-state index in [1.54, 1.807) is 49.6 Å². The molecule has 0 unspecified atom stereocenters. The number of methoxy groups -OCH3 is 1. The molecule has 0 saturated carbocycles. The molecule has 3 aromatic carbocycles. The van der Waals surface area contributed by atoms with E-state index in [9.17, 15) is 4.39 Å². The summed E-state index contributed by atoms with van der Waals surface area (Å²) in [6.07, 6.45) is 0. The van der Waals surface area contributed by atoms with Crippen molar-refractivity contribution in [3.63, 3.8) is 0 Å². The molecule has 0 aliphatic carbocycles. The molecule has 0 aliphatic rings. The Hall–Kier alpha value is -1.95. The van der Waals surface area contributed by atoms with Gasteiger partial charge in [0.05, 0.1) is 17.8 Å². The van der Waals surface area contributed by atoms with E-state index in [2.05, 4.69) is 21.2 Å². The van der Waals surface area contributed by atoms with Gasteiger partial charge in [-0.1, -0.05) is 57.3 Å². The van der Waals surface area contributed by atoms with E-state index in [-0.39, 0.29) is 12.4 Å². The summed E-state index contributed by atoms with van der Waals surface area (Å²) in [6.45, 7) is 0.486. The second-order valence-electron chi connectivity index (χ2n) is 5.92. The van der Waals surface area contributed by atoms with Crippen LogP contribution in [0.25, 0.3) is 0 Å². The van der Waals surface area contributed by atoms with Crippen LogP contribution in [0.3, 0.4) is 0 Å². The highest BCUT2D eigenvalue weighted by atomic mass is 79.9. The van der Waals surface area contributed by atoms with Gasteiger partial charge >= 0.3 is 0 Å². The highest BCUT2D eigenvalue weighted by Crippen LogP contribution is 2.38. The van der Waals surface area contributed by atoms with Gasteiger partial charge in [-0.05, 0) is 36.4 Å². The summed E-state index contributed by atoms with van der Waals surface area (Å²) in [4.78, 5) is 0. The van der Waals surface area contributed by atoms with Crippen LogP contribution in [-0.4, -0.2) is 7.11 Å². The summed E-state index contributed by atoms with van der Waals surface area (Å²) in [5, 5.41) is 4.34. The molecule has 0 atom stereocenters. The Bertz CT molecular complexity index is 985. The number of hydrogen-bond acceptors (Lipinski definition) is 3. The van der Waals surface area contributed by atoms with Crippen molar-refractivity contribution in [2.24, 2.45) is 0 Å². The number of rotatable bonds is 7. The lowest BCUT2D eigenvalue weighted by Crippen LogP contribution is -2.07. The lowest BCUT2D eigenvalue weighted by Gasteiger charge is -2.18. The van der Waals surface area contributed by atoms with Crippen LogP contribution in [0.15, 0.2) is 59.1 Å². The second kappa shape index (κ2) is 9.50. The first-order chi connectivity index (χ1) is 13.5. The zero-order valence-corrected chi connectivity index (χ0v) is 18.0. The molecule has 0 saturated heterocycles. The summed E-state index contributed by atoms with van der Waals surface area (Å²) < 4.78 is 26.2. The molecule has 0 bridgehead atoms.